The average molecular weight is 602 g/mol. The number of hydrogen-bond acceptors (Lipinski definition) is 5. The van der Waals surface area contributed by atoms with E-state index in [4.69, 9.17) is 4.74 Å². The van der Waals surface area contributed by atoms with E-state index in [9.17, 15) is 14.4 Å². The van der Waals surface area contributed by atoms with Crippen LogP contribution >= 0.6 is 0 Å². The fourth-order valence-corrected chi connectivity index (χ4v) is 5.48. The van der Waals surface area contributed by atoms with Crippen molar-refractivity contribution >= 4 is 23.9 Å². The Kier molecular flexibility index (Phi) is 10.9. The Labute approximate surface area is 265 Å². The Hall–Kier alpha value is -5.01. The molecule has 1 aliphatic heterocycles. The van der Waals surface area contributed by atoms with Gasteiger partial charge in [-0.25, -0.2) is 4.79 Å². The summed E-state index contributed by atoms with van der Waals surface area (Å²) in [6.45, 7) is 4.45. The van der Waals surface area contributed by atoms with Crippen molar-refractivity contribution < 1.29 is 19.1 Å². The fraction of sp³-hybridized carbons (Fsp3) is 0.237. The molecule has 4 aromatic rings. The van der Waals surface area contributed by atoms with E-state index in [2.05, 4.69) is 16.3 Å². The highest BCUT2D eigenvalue weighted by Gasteiger charge is 2.15. The van der Waals surface area contributed by atoms with Gasteiger partial charge in [-0.1, -0.05) is 72.8 Å². The lowest BCUT2D eigenvalue weighted by Gasteiger charge is -2.22. The lowest BCUT2D eigenvalue weighted by Crippen LogP contribution is -2.33. The number of rotatable bonds is 12. The van der Waals surface area contributed by atoms with Crippen molar-refractivity contribution in [3.63, 3.8) is 0 Å². The molecule has 4 aromatic carbocycles. The van der Waals surface area contributed by atoms with Gasteiger partial charge in [0.15, 0.2) is 0 Å². The highest BCUT2D eigenvalue weighted by atomic mass is 16.5. The molecule has 45 heavy (non-hydrogen) atoms. The number of carbonyl (C=O) groups excluding carboxylic acids is 3. The largest absolute Gasteiger partial charge is 0.465 e. The first kappa shape index (κ1) is 31.4. The maximum atomic E-state index is 13.5. The second-order valence-electron chi connectivity index (χ2n) is 11.2. The van der Waals surface area contributed by atoms with Crippen molar-refractivity contribution in [3.05, 3.63) is 137 Å². The molecule has 0 spiro atoms. The third-order valence-corrected chi connectivity index (χ3v) is 7.95. The summed E-state index contributed by atoms with van der Waals surface area (Å²) in [6.07, 6.45) is 5.87. The van der Waals surface area contributed by atoms with Crippen molar-refractivity contribution in [2.24, 2.45) is 0 Å². The lowest BCUT2D eigenvalue weighted by molar-refractivity contribution is -0.127. The van der Waals surface area contributed by atoms with Crippen LogP contribution in [0.4, 0.5) is 0 Å². The summed E-state index contributed by atoms with van der Waals surface area (Å²) in [5.74, 6) is -0.609. The van der Waals surface area contributed by atoms with Crippen molar-refractivity contribution in [2.45, 2.75) is 25.9 Å². The molecule has 1 N–H and O–H groups in total. The van der Waals surface area contributed by atoms with Crippen molar-refractivity contribution in [1.29, 1.82) is 0 Å². The van der Waals surface area contributed by atoms with E-state index >= 15 is 0 Å². The van der Waals surface area contributed by atoms with Crippen LogP contribution in [-0.2, 0) is 22.6 Å². The molecule has 0 saturated carbocycles. The van der Waals surface area contributed by atoms with Crippen LogP contribution in [0.5, 0.6) is 0 Å². The molecule has 1 fully saturated rings. The topological polar surface area (TPSA) is 79.0 Å². The number of benzene rings is 4. The van der Waals surface area contributed by atoms with E-state index in [1.54, 1.807) is 23.1 Å². The zero-order chi connectivity index (χ0) is 31.4. The summed E-state index contributed by atoms with van der Waals surface area (Å²) in [5.41, 5.74) is 5.77. The van der Waals surface area contributed by atoms with Crippen LogP contribution in [0.25, 0.3) is 17.2 Å². The van der Waals surface area contributed by atoms with Gasteiger partial charge in [-0.3, -0.25) is 9.59 Å². The van der Waals surface area contributed by atoms with Crippen LogP contribution in [0, 0.1) is 0 Å². The van der Waals surface area contributed by atoms with E-state index in [-0.39, 0.29) is 11.8 Å². The number of methoxy groups -OCH3 is 1. The van der Waals surface area contributed by atoms with Crippen LogP contribution in [0.3, 0.4) is 0 Å². The van der Waals surface area contributed by atoms with Gasteiger partial charge in [0.2, 0.25) is 5.91 Å². The van der Waals surface area contributed by atoms with Gasteiger partial charge in [0.05, 0.1) is 12.7 Å². The summed E-state index contributed by atoms with van der Waals surface area (Å²) < 4.78 is 4.82. The summed E-state index contributed by atoms with van der Waals surface area (Å²) in [6, 6.07) is 32.5. The molecule has 7 heteroatoms. The first-order chi connectivity index (χ1) is 22.0. The van der Waals surface area contributed by atoms with Gasteiger partial charge in [0.1, 0.15) is 0 Å². The van der Waals surface area contributed by atoms with Gasteiger partial charge >= 0.3 is 5.97 Å². The first-order valence-electron chi connectivity index (χ1n) is 15.4. The van der Waals surface area contributed by atoms with Crippen molar-refractivity contribution in [2.75, 3.05) is 33.3 Å². The fourth-order valence-electron chi connectivity index (χ4n) is 5.48. The van der Waals surface area contributed by atoms with E-state index in [0.29, 0.717) is 30.8 Å². The van der Waals surface area contributed by atoms with Crippen molar-refractivity contribution in [1.82, 2.24) is 15.1 Å². The maximum Gasteiger partial charge on any atom is 0.337 e. The van der Waals surface area contributed by atoms with E-state index < -0.39 is 5.97 Å². The van der Waals surface area contributed by atoms with E-state index in [1.165, 1.54) is 20.0 Å². The minimum atomic E-state index is -0.402. The first-order valence-corrected chi connectivity index (χ1v) is 15.4. The molecular weight excluding hydrogens is 562 g/mol. The molecule has 1 heterocycles. The number of amides is 2. The average Bonchev–Trinajstić information content (AvgIpc) is 3.61. The van der Waals surface area contributed by atoms with Gasteiger partial charge in [-0.05, 0) is 90.2 Å². The molecule has 7 nitrogen and oxygen atoms in total. The Balaban J connectivity index is 1.31. The SMILES string of the molecule is COC(=O)c1ccc(CN(Cc2cccc(-c3cccc(C(=O)NCCN4CCCC4)c3)c2)C(=O)C=Cc2ccccc2)cc1. The van der Waals surface area contributed by atoms with Crippen LogP contribution < -0.4 is 5.32 Å². The van der Waals surface area contributed by atoms with Gasteiger partial charge in [-0.15, -0.1) is 0 Å². The van der Waals surface area contributed by atoms with Crippen LogP contribution in [-0.4, -0.2) is 60.9 Å². The van der Waals surface area contributed by atoms with Gasteiger partial charge in [0.25, 0.3) is 5.91 Å². The predicted octanol–water partition coefficient (Wildman–Crippen LogP) is 6.21. The third kappa shape index (κ3) is 9.00. The number of hydrogen-bond donors (Lipinski definition) is 1. The quantitative estimate of drug-likeness (QED) is 0.154. The van der Waals surface area contributed by atoms with Crippen LogP contribution in [0.15, 0.2) is 109 Å². The van der Waals surface area contributed by atoms with Crippen molar-refractivity contribution in [3.8, 4) is 11.1 Å². The standard InChI is InChI=1S/C38H39N3O4/c1-45-38(44)32-18-15-30(16-19-32)27-41(36(42)20-17-29-9-3-2-4-10-29)28-31-11-7-12-33(25-31)34-13-8-14-35(26-34)37(43)39-21-24-40-22-5-6-23-40/h2-4,7-20,25-26H,5-6,21-24,27-28H2,1H3,(H,39,43). The number of likely N-dealkylation sites (tertiary alicyclic amines) is 1. The number of carbonyl (C=O) groups is 3. The van der Waals surface area contributed by atoms with E-state index in [0.717, 1.165) is 47.5 Å². The molecular formula is C38H39N3O4. The number of nitrogens with one attached hydrogen (secondary N) is 1. The Morgan fingerprint density at radius 3 is 2.20 bits per heavy atom. The molecule has 1 aliphatic rings. The molecule has 0 atom stereocenters. The summed E-state index contributed by atoms with van der Waals surface area (Å²) in [4.78, 5) is 42.5. The summed E-state index contributed by atoms with van der Waals surface area (Å²) in [5, 5.41) is 3.06. The minimum absolute atomic E-state index is 0.0765. The summed E-state index contributed by atoms with van der Waals surface area (Å²) in [7, 11) is 1.35. The predicted molar refractivity (Wildman–Crippen MR) is 177 cm³/mol. The highest BCUT2D eigenvalue weighted by Crippen LogP contribution is 2.23. The second-order valence-corrected chi connectivity index (χ2v) is 11.2. The normalized spacial score (nSPS) is 13.1. The maximum absolute atomic E-state index is 13.5. The zero-order valence-corrected chi connectivity index (χ0v) is 25.7. The molecule has 0 bridgehead atoms. The Bertz CT molecular complexity index is 1630. The molecule has 5 rings (SSSR count). The second kappa shape index (κ2) is 15.6. The number of ether oxygens (including phenoxy) is 1. The monoisotopic (exact) mass is 601 g/mol. The number of esters is 1. The van der Waals surface area contributed by atoms with Crippen LogP contribution in [0.1, 0.15) is 50.2 Å². The molecule has 0 unspecified atom stereocenters. The molecule has 0 aliphatic carbocycles. The molecule has 230 valence electrons. The van der Waals surface area contributed by atoms with E-state index in [1.807, 2.05) is 91.0 Å². The highest BCUT2D eigenvalue weighted by molar-refractivity contribution is 5.95. The number of nitrogens with zero attached hydrogens (tertiary/aromatic N) is 2. The zero-order valence-electron chi connectivity index (χ0n) is 25.7. The molecule has 0 radical (unpaired) electrons. The molecule has 2 amide bonds. The van der Waals surface area contributed by atoms with Crippen LogP contribution in [0.2, 0.25) is 0 Å². The van der Waals surface area contributed by atoms with Gasteiger partial charge in [0, 0.05) is 37.8 Å². The Morgan fingerprint density at radius 2 is 1.47 bits per heavy atom. The molecule has 0 aromatic heterocycles. The third-order valence-electron chi connectivity index (χ3n) is 7.95. The summed E-state index contributed by atoms with van der Waals surface area (Å²) >= 11 is 0. The molecule has 1 saturated heterocycles. The Morgan fingerprint density at radius 1 is 0.778 bits per heavy atom. The minimum Gasteiger partial charge on any atom is -0.465 e. The lowest BCUT2D eigenvalue weighted by atomic mass is 10.0. The van der Waals surface area contributed by atoms with Gasteiger partial charge < -0.3 is 19.9 Å². The smallest absolute Gasteiger partial charge is 0.337 e. The van der Waals surface area contributed by atoms with Gasteiger partial charge in [-0.2, -0.15) is 0 Å².